The molecule has 10 heteroatoms. The van der Waals surface area contributed by atoms with Crippen LogP contribution in [0.5, 0.6) is 0 Å². The molecule has 0 saturated carbocycles. The number of fused-ring (bicyclic) bond motifs is 1. The van der Waals surface area contributed by atoms with Crippen LogP contribution >= 0.6 is 35.0 Å². The second-order valence-corrected chi connectivity index (χ2v) is 8.82. The van der Waals surface area contributed by atoms with Crippen molar-refractivity contribution >= 4 is 52.5 Å². The minimum atomic E-state index is -0.884. The highest BCUT2D eigenvalue weighted by Crippen LogP contribution is 2.21. The second-order valence-electron chi connectivity index (χ2n) is 6.99. The molecule has 0 aliphatic rings. The number of hydrogen-bond donors (Lipinski definition) is 1. The van der Waals surface area contributed by atoms with Crippen molar-refractivity contribution in [2.24, 2.45) is 0 Å². The molecule has 168 valence electrons. The van der Waals surface area contributed by atoms with Crippen LogP contribution in [-0.2, 0) is 16.1 Å². The number of ether oxygens (including phenoxy) is 1. The lowest BCUT2D eigenvalue weighted by Gasteiger charge is -2.18. The number of nitrogens with one attached hydrogen (secondary N) is 1. The number of thioether (sulfide) groups is 1. The van der Waals surface area contributed by atoms with Crippen molar-refractivity contribution in [2.75, 3.05) is 12.0 Å². The minimum Gasteiger partial charge on any atom is -0.458 e. The van der Waals surface area contributed by atoms with Gasteiger partial charge in [0.25, 0.3) is 11.5 Å². The number of carbonyl (C=O) groups excluding carboxylic acids is 2. The fraction of sp³-hybridized carbons (Fsp3) is 0.273. The van der Waals surface area contributed by atoms with Crippen LogP contribution in [0, 0.1) is 6.92 Å². The Morgan fingerprint density at radius 3 is 2.72 bits per heavy atom. The van der Waals surface area contributed by atoms with E-state index in [9.17, 15) is 14.4 Å². The number of hydrogen-bond acceptors (Lipinski definition) is 6. The second kappa shape index (κ2) is 10.8. The number of rotatable bonds is 8. The molecule has 1 amide bonds. The zero-order chi connectivity index (χ0) is 23.3. The van der Waals surface area contributed by atoms with Crippen molar-refractivity contribution in [3.63, 3.8) is 0 Å². The van der Waals surface area contributed by atoms with E-state index in [2.05, 4.69) is 10.3 Å². The van der Waals surface area contributed by atoms with Crippen LogP contribution in [0.15, 0.2) is 47.3 Å². The number of esters is 1. The topological polar surface area (TPSA) is 89.8 Å². The van der Waals surface area contributed by atoms with Gasteiger partial charge in [0.1, 0.15) is 18.3 Å². The highest BCUT2D eigenvalue weighted by molar-refractivity contribution is 7.98. The van der Waals surface area contributed by atoms with Gasteiger partial charge in [-0.15, -0.1) is 0 Å². The van der Waals surface area contributed by atoms with E-state index >= 15 is 0 Å². The van der Waals surface area contributed by atoms with Crippen LogP contribution in [0.2, 0.25) is 10.0 Å². The van der Waals surface area contributed by atoms with Gasteiger partial charge in [-0.2, -0.15) is 11.8 Å². The first kappa shape index (κ1) is 24.1. The first-order valence-corrected chi connectivity index (χ1v) is 11.8. The lowest BCUT2D eigenvalue weighted by molar-refractivity contribution is -0.147. The standard InChI is InChI=1S/C22H21Cl2N3O4S/c1-13-4-3-5-19-25-15(11-20(28)27(13)19)12-31-22(30)18(8-9-32-2)26-21(29)16-7-6-14(23)10-17(16)24/h3-7,10-11,18H,8-9,12H2,1-2H3,(H,26,29). The largest absolute Gasteiger partial charge is 0.458 e. The van der Waals surface area contributed by atoms with Crippen molar-refractivity contribution < 1.29 is 14.3 Å². The molecular weight excluding hydrogens is 473 g/mol. The summed E-state index contributed by atoms with van der Waals surface area (Å²) in [6.45, 7) is 1.62. The molecule has 3 rings (SSSR count). The van der Waals surface area contributed by atoms with E-state index in [-0.39, 0.29) is 22.8 Å². The molecule has 1 N–H and O–H groups in total. The monoisotopic (exact) mass is 493 g/mol. The first-order chi connectivity index (χ1) is 15.3. The van der Waals surface area contributed by atoms with E-state index < -0.39 is 17.9 Å². The van der Waals surface area contributed by atoms with Crippen molar-refractivity contribution in [3.05, 3.63) is 79.8 Å². The minimum absolute atomic E-state index is 0.183. The van der Waals surface area contributed by atoms with Gasteiger partial charge in [0.15, 0.2) is 0 Å². The Balaban J connectivity index is 1.73. The molecule has 1 atom stereocenters. The Morgan fingerprint density at radius 1 is 1.22 bits per heavy atom. The third-order valence-corrected chi connectivity index (χ3v) is 5.86. The van der Waals surface area contributed by atoms with E-state index in [1.54, 1.807) is 18.2 Å². The predicted molar refractivity (Wildman–Crippen MR) is 127 cm³/mol. The van der Waals surface area contributed by atoms with Gasteiger partial charge in [0.2, 0.25) is 0 Å². The van der Waals surface area contributed by atoms with E-state index in [0.29, 0.717) is 28.5 Å². The summed E-state index contributed by atoms with van der Waals surface area (Å²) in [4.78, 5) is 42.1. The average Bonchev–Trinajstić information content (AvgIpc) is 2.74. The van der Waals surface area contributed by atoms with Crippen LogP contribution < -0.4 is 10.9 Å². The molecule has 0 aliphatic carbocycles. The molecule has 0 fully saturated rings. The summed E-state index contributed by atoms with van der Waals surface area (Å²) in [5.74, 6) is -0.500. The van der Waals surface area contributed by atoms with Crippen LogP contribution in [0.25, 0.3) is 5.65 Å². The van der Waals surface area contributed by atoms with Crippen LogP contribution in [-0.4, -0.2) is 39.3 Å². The molecule has 0 radical (unpaired) electrons. The fourth-order valence-corrected chi connectivity index (χ4v) is 4.04. The van der Waals surface area contributed by atoms with Crippen molar-refractivity contribution in [2.45, 2.75) is 26.0 Å². The predicted octanol–water partition coefficient (Wildman–Crippen LogP) is 3.90. The lowest BCUT2D eigenvalue weighted by Crippen LogP contribution is -2.42. The van der Waals surface area contributed by atoms with Gasteiger partial charge < -0.3 is 10.1 Å². The van der Waals surface area contributed by atoms with Gasteiger partial charge in [-0.1, -0.05) is 29.3 Å². The maximum Gasteiger partial charge on any atom is 0.329 e. The van der Waals surface area contributed by atoms with Crippen LogP contribution in [0.4, 0.5) is 0 Å². The van der Waals surface area contributed by atoms with Gasteiger partial charge in [-0.25, -0.2) is 9.78 Å². The number of aryl methyl sites for hydroxylation is 1. The number of aromatic nitrogens is 2. The van der Waals surface area contributed by atoms with Gasteiger partial charge in [-0.05, 0) is 55.7 Å². The smallest absolute Gasteiger partial charge is 0.329 e. The first-order valence-electron chi connectivity index (χ1n) is 9.70. The maximum atomic E-state index is 12.7. The molecule has 0 aliphatic heterocycles. The normalized spacial score (nSPS) is 11.9. The zero-order valence-corrected chi connectivity index (χ0v) is 19.8. The SMILES string of the molecule is CSCCC(NC(=O)c1ccc(Cl)cc1Cl)C(=O)OCc1cc(=O)n2c(C)cccc2n1. The molecular formula is C22H21Cl2N3O4S. The maximum absolute atomic E-state index is 12.7. The molecule has 0 spiro atoms. The zero-order valence-electron chi connectivity index (χ0n) is 17.4. The molecule has 0 bridgehead atoms. The van der Waals surface area contributed by atoms with Crippen molar-refractivity contribution in [1.82, 2.24) is 14.7 Å². The van der Waals surface area contributed by atoms with Crippen LogP contribution in [0.3, 0.4) is 0 Å². The van der Waals surface area contributed by atoms with E-state index in [1.165, 1.54) is 34.4 Å². The Labute approximate surface area is 199 Å². The summed E-state index contributed by atoms with van der Waals surface area (Å²) in [5, 5.41) is 3.26. The van der Waals surface area contributed by atoms with E-state index in [0.717, 1.165) is 5.69 Å². The Bertz CT molecular complexity index is 1220. The van der Waals surface area contributed by atoms with Gasteiger partial charge in [-0.3, -0.25) is 14.0 Å². The third-order valence-electron chi connectivity index (χ3n) is 4.67. The van der Waals surface area contributed by atoms with Gasteiger partial charge in [0.05, 0.1) is 16.3 Å². The van der Waals surface area contributed by atoms with Gasteiger partial charge >= 0.3 is 5.97 Å². The quantitative estimate of drug-likeness (QED) is 0.478. The fourth-order valence-electron chi connectivity index (χ4n) is 3.08. The summed E-state index contributed by atoms with van der Waals surface area (Å²) in [5.41, 5.74) is 1.49. The molecule has 2 heterocycles. The summed E-state index contributed by atoms with van der Waals surface area (Å²) in [7, 11) is 0. The summed E-state index contributed by atoms with van der Waals surface area (Å²) < 4.78 is 6.85. The molecule has 2 aromatic heterocycles. The van der Waals surface area contributed by atoms with E-state index in [1.807, 2.05) is 19.2 Å². The highest BCUT2D eigenvalue weighted by atomic mass is 35.5. The van der Waals surface area contributed by atoms with Crippen LogP contribution in [0.1, 0.15) is 28.2 Å². The van der Waals surface area contributed by atoms with E-state index in [4.69, 9.17) is 27.9 Å². The molecule has 3 aromatic rings. The number of benzene rings is 1. The Morgan fingerprint density at radius 2 is 2.00 bits per heavy atom. The number of pyridine rings is 1. The average molecular weight is 494 g/mol. The third kappa shape index (κ3) is 5.82. The van der Waals surface area contributed by atoms with Crippen molar-refractivity contribution in [3.8, 4) is 0 Å². The molecule has 1 unspecified atom stereocenters. The Hall–Kier alpha value is -2.55. The summed E-state index contributed by atoms with van der Waals surface area (Å²) in [6, 6.07) is 10.2. The number of halogens is 2. The molecule has 7 nitrogen and oxygen atoms in total. The highest BCUT2D eigenvalue weighted by Gasteiger charge is 2.24. The number of nitrogens with zero attached hydrogens (tertiary/aromatic N) is 2. The Kier molecular flexibility index (Phi) is 8.17. The lowest BCUT2D eigenvalue weighted by atomic mass is 10.1. The van der Waals surface area contributed by atoms with Gasteiger partial charge in [0, 0.05) is 16.8 Å². The molecule has 1 aromatic carbocycles. The molecule has 0 saturated heterocycles. The number of amides is 1. The summed E-state index contributed by atoms with van der Waals surface area (Å²) in [6.07, 6.45) is 2.26. The summed E-state index contributed by atoms with van der Waals surface area (Å²) >= 11 is 13.5. The van der Waals surface area contributed by atoms with Crippen molar-refractivity contribution in [1.29, 1.82) is 0 Å². The molecule has 32 heavy (non-hydrogen) atoms. The number of carbonyl (C=O) groups is 2.